The van der Waals surface area contributed by atoms with Gasteiger partial charge in [0, 0.05) is 40.3 Å². The molecule has 0 unspecified atom stereocenters. The van der Waals surface area contributed by atoms with Gasteiger partial charge in [0.25, 0.3) is 0 Å². The largest absolute Gasteiger partial charge is 0.456 e. The Labute approximate surface area is 392 Å². The summed E-state index contributed by atoms with van der Waals surface area (Å²) in [4.78, 5) is 36.4. The Morgan fingerprint density at radius 3 is 1.14 bits per heavy atom. The van der Waals surface area contributed by atoms with Gasteiger partial charge >= 0.3 is 5.63 Å². The van der Waals surface area contributed by atoms with Crippen LogP contribution in [0.25, 0.3) is 66.7 Å². The van der Waals surface area contributed by atoms with Gasteiger partial charge in [-0.15, -0.1) is 0 Å². The van der Waals surface area contributed by atoms with E-state index in [1.807, 2.05) is 12.1 Å². The van der Waals surface area contributed by atoms with Crippen molar-refractivity contribution in [3.8, 4) is 33.8 Å². The van der Waals surface area contributed by atoms with Gasteiger partial charge < -0.3 is 59.2 Å². The van der Waals surface area contributed by atoms with E-state index >= 15 is 0 Å². The van der Waals surface area contributed by atoms with Crippen molar-refractivity contribution < 1.29 is 59.2 Å². The molecule has 0 saturated carbocycles. The SMILES string of the molecule is O=c1cc(-c2ccc(CO)cc2)oc2c(CO)cc(CO)cc12.O=c1cc(-c2ccc(CO)cc2)oc2cc(CO)cc(CO)c12.O=c1cc(CO)c2c(CO)cc(-c3ccc(CO)cc3)cc2o1.[Sg].[Sg].[Sg].[Sg].[Sg].[Sg].[Sg].[Sg].[Sg]. The molecule has 372 valence electrons. The number of aliphatic hydroxyl groups is 9. The Hall–Kier alpha value is -16.4. The van der Waals surface area contributed by atoms with Crippen molar-refractivity contribution in [1.29, 1.82) is 0 Å². The first-order valence-electron chi connectivity index (χ1n) is 21.5. The summed E-state index contributed by atoms with van der Waals surface area (Å²) in [6, 6.07) is 35.3. The summed E-state index contributed by atoms with van der Waals surface area (Å²) >= 11 is 0. The minimum atomic E-state index is -0.543. The van der Waals surface area contributed by atoms with Gasteiger partial charge in [-0.3, -0.25) is 9.59 Å². The minimum absolute atomic E-state index is 0. The fraction of sp³-hybridized carbons (Fsp3) is 0.167. The predicted octanol–water partition coefficient (Wildman–Crippen LogP) is 5.81. The van der Waals surface area contributed by atoms with E-state index in [0.29, 0.717) is 88.9 Å². The maximum Gasteiger partial charge on any atom is 0.336 e. The van der Waals surface area contributed by atoms with Crippen molar-refractivity contribution in [3.63, 3.8) is 0 Å². The molecule has 0 aliphatic heterocycles. The third kappa shape index (κ3) is 12.6. The standard InChI is InChI=1S/3C18H16O5.9Sg/c19-8-11-1-3-13(4-2-11)16-7-15(22)18-14(10-21)5-12(9-20)6-17(18)23-16;19-8-11-1-3-13(4-2-11)17-7-16(22)15-6-12(9-20)5-14(10-21)18(15)23-17;19-8-11-1-3-12(4-2-11)13-5-14(9-20)18-15(10-21)7-17(22)23-16(18)6-13;;;;;;;;;/h3*1-7,19-21H,8-10H2;;;;;;;;;. The number of rotatable bonds is 12. The van der Waals surface area contributed by atoms with E-state index in [1.165, 1.54) is 18.2 Å². The van der Waals surface area contributed by atoms with Gasteiger partial charge in [0.15, 0.2) is 10.9 Å². The monoisotopic (exact) mass is 3380 g/mol. The topological polar surface area (TPSA) is 273 Å². The van der Waals surface area contributed by atoms with Crippen molar-refractivity contribution in [1.82, 2.24) is 0 Å². The number of hydrogen-bond donors (Lipinski definition) is 9. The van der Waals surface area contributed by atoms with Crippen LogP contribution in [0.15, 0.2) is 155 Å². The molecule has 0 aliphatic rings. The molecule has 9 aromatic rings. The van der Waals surface area contributed by atoms with Gasteiger partial charge in [-0.2, -0.15) is 0 Å². The number of fused-ring (bicyclic) bond motifs is 3. The van der Waals surface area contributed by atoms with Crippen LogP contribution in [0.4, 0.5) is 0 Å². The number of aliphatic hydroxyl groups excluding tert-OH is 9. The molecule has 0 saturated heterocycles. The zero-order valence-corrected chi connectivity index (χ0v) is 102. The molecule has 15 nitrogen and oxygen atoms in total. The van der Waals surface area contributed by atoms with Crippen molar-refractivity contribution in [2.45, 2.75) is 59.5 Å². The molecule has 9 N–H and O–H groups in total. The van der Waals surface area contributed by atoms with Crippen LogP contribution >= 0.6 is 0 Å². The molecule has 78 heavy (non-hydrogen) atoms. The molecule has 0 fully saturated rings. The van der Waals surface area contributed by atoms with Crippen LogP contribution in [0, 0.1) is 0 Å². The van der Waals surface area contributed by atoms with Crippen molar-refractivity contribution in [2.24, 2.45) is 0 Å². The van der Waals surface area contributed by atoms with Crippen LogP contribution in [0.1, 0.15) is 50.1 Å². The summed E-state index contributed by atoms with van der Waals surface area (Å²) in [5.41, 5.74) is 8.36. The summed E-state index contributed by atoms with van der Waals surface area (Å²) < 4.78 is 16.9. The Kier molecular flexibility index (Phi) is 23.1. The molecular weight excluding hydrogens is 3310 g/mol. The van der Waals surface area contributed by atoms with E-state index in [9.17, 15) is 45.0 Å². The molecule has 0 atom stereocenters. The van der Waals surface area contributed by atoms with Gasteiger partial charge in [-0.05, 0) is 86.0 Å². The molecule has 0 bridgehead atoms. The second kappa shape index (κ2) is 27.4. The van der Waals surface area contributed by atoms with E-state index in [4.69, 9.17) is 28.6 Å². The van der Waals surface area contributed by atoms with E-state index in [2.05, 4.69) is 0 Å². The van der Waals surface area contributed by atoms with Crippen LogP contribution in [0.2, 0.25) is 0 Å². The Morgan fingerprint density at radius 2 is 0.679 bits per heavy atom. The molecule has 9 rings (SSSR count). The van der Waals surface area contributed by atoms with Crippen LogP contribution in [-0.4, -0.2) is 46.0 Å². The number of benzene rings is 6. The van der Waals surface area contributed by atoms with E-state index in [1.54, 1.807) is 97.1 Å². The van der Waals surface area contributed by atoms with Gasteiger partial charge in [-0.25, -0.2) is 4.79 Å². The first-order chi connectivity index (χ1) is 33.5. The summed E-state index contributed by atoms with van der Waals surface area (Å²) in [5.74, 6) is 0.782. The Morgan fingerprint density at radius 1 is 0.295 bits per heavy atom. The van der Waals surface area contributed by atoms with Gasteiger partial charge in [-0.1, -0.05) is 78.9 Å². The molecule has 0 spiro atoms. The fourth-order valence-corrected chi connectivity index (χ4v) is 7.78. The first kappa shape index (κ1) is 65.9. The molecule has 24 heteroatoms. The maximum atomic E-state index is 12.4. The molecule has 3 aromatic heterocycles. The van der Waals surface area contributed by atoms with Crippen molar-refractivity contribution in [2.75, 3.05) is 0 Å². The smallest absolute Gasteiger partial charge is 0.336 e. The first-order valence-corrected chi connectivity index (χ1v) is 21.5. The van der Waals surface area contributed by atoms with Crippen molar-refractivity contribution in [3.05, 3.63) is 208 Å². The van der Waals surface area contributed by atoms with Gasteiger partial charge in [0.2, 0.25) is 0 Å². The van der Waals surface area contributed by atoms with Gasteiger partial charge in [0.05, 0.1) is 70.2 Å². The Balaban J connectivity index is -0.00000102. The third-order valence-corrected chi connectivity index (χ3v) is 11.3. The summed E-state index contributed by atoms with van der Waals surface area (Å²) in [6.07, 6.45) is 0. The quantitative estimate of drug-likeness (QED) is 0.0653. The minimum Gasteiger partial charge on any atom is -0.456 e. The van der Waals surface area contributed by atoms with E-state index in [-0.39, 0.29) is 70.3 Å². The summed E-state index contributed by atoms with van der Waals surface area (Å²) in [5, 5.41) is 85.1. The Bertz CT molecular complexity index is 3440. The van der Waals surface area contributed by atoms with Gasteiger partial charge in [0.1, 0.15) is 28.3 Å². The average Bonchev–Trinajstić information content (AvgIpc) is 3.39. The van der Waals surface area contributed by atoms with Crippen LogP contribution < -0.4 is 16.5 Å². The zero-order valence-electron chi connectivity index (χ0n) is 43.3. The van der Waals surface area contributed by atoms with Crippen LogP contribution in [0.3, 0.4) is 0 Å². The molecule has 6 aromatic carbocycles. The predicted molar refractivity (Wildman–Crippen MR) is 257 cm³/mol. The zero-order chi connectivity index (χ0) is 49.2. The summed E-state index contributed by atoms with van der Waals surface area (Å²) in [6.45, 7) is -1.70. The second-order valence-corrected chi connectivity index (χ2v) is 15.8. The fourth-order valence-electron chi connectivity index (χ4n) is 7.78. The average molecular weight is 3360 g/mol. The van der Waals surface area contributed by atoms with Crippen molar-refractivity contribution >= 4 is 32.9 Å². The molecular formula is C54H48O15Sg9. The summed E-state index contributed by atoms with van der Waals surface area (Å²) in [7, 11) is 0. The maximum absolute atomic E-state index is 12.4. The molecule has 0 radical (unpaired) electrons. The molecule has 0 amide bonds. The van der Waals surface area contributed by atoms with E-state index < -0.39 is 5.63 Å². The number of hydrogen-bond acceptors (Lipinski definition) is 15. The molecule has 3 heterocycles. The third-order valence-electron chi connectivity index (χ3n) is 11.3. The normalized spacial score (nSPS) is 9.81. The van der Waals surface area contributed by atoms with Crippen LogP contribution in [0.5, 0.6) is 0 Å². The molecule has 0 aliphatic carbocycles. The van der Waals surface area contributed by atoms with E-state index in [0.717, 1.165) is 27.8 Å². The van der Waals surface area contributed by atoms with Crippen LogP contribution in [-0.2, 0) is 59.5 Å². The second-order valence-electron chi connectivity index (χ2n) is 15.8.